The Hall–Kier alpha value is -1.44. The first-order chi connectivity index (χ1) is 10.9. The zero-order valence-electron chi connectivity index (χ0n) is 13.9. The maximum atomic E-state index is 12.0. The van der Waals surface area contributed by atoms with Crippen LogP contribution < -0.4 is 11.2 Å². The van der Waals surface area contributed by atoms with E-state index in [1.165, 1.54) is 16.8 Å². The van der Waals surface area contributed by atoms with Crippen molar-refractivity contribution >= 4 is 0 Å². The Morgan fingerprint density at radius 3 is 2.52 bits per heavy atom. The zero-order chi connectivity index (χ0) is 16.6. The fourth-order valence-electron chi connectivity index (χ4n) is 3.98. The maximum absolute atomic E-state index is 12.0. The van der Waals surface area contributed by atoms with Crippen LogP contribution >= 0.6 is 0 Å². The predicted molar refractivity (Wildman–Crippen MR) is 87.7 cm³/mol. The van der Waals surface area contributed by atoms with E-state index in [9.17, 15) is 14.7 Å². The molecule has 7 nitrogen and oxygen atoms in total. The van der Waals surface area contributed by atoms with E-state index in [0.717, 1.165) is 32.5 Å². The molecule has 2 fully saturated rings. The van der Waals surface area contributed by atoms with E-state index < -0.39 is 16.9 Å². The number of hydrogen-bond acceptors (Lipinski definition) is 5. The Morgan fingerprint density at radius 2 is 1.91 bits per heavy atom. The Morgan fingerprint density at radius 1 is 1.22 bits per heavy atom. The summed E-state index contributed by atoms with van der Waals surface area (Å²) in [4.78, 5) is 30.2. The van der Waals surface area contributed by atoms with Crippen LogP contribution in [0.2, 0.25) is 0 Å². The average molecular weight is 322 g/mol. The molecule has 0 unspecified atom stereocenters. The Kier molecular flexibility index (Phi) is 4.44. The summed E-state index contributed by atoms with van der Waals surface area (Å²) in [5.74, 6) is 0. The van der Waals surface area contributed by atoms with Crippen LogP contribution in [0.25, 0.3) is 0 Å². The van der Waals surface area contributed by atoms with E-state index in [4.69, 9.17) is 0 Å². The van der Waals surface area contributed by atoms with Crippen LogP contribution in [0.4, 0.5) is 0 Å². The van der Waals surface area contributed by atoms with E-state index in [1.54, 1.807) is 6.92 Å². The molecule has 2 atom stereocenters. The molecule has 0 amide bonds. The van der Waals surface area contributed by atoms with Gasteiger partial charge in [0.05, 0.1) is 11.6 Å². The van der Waals surface area contributed by atoms with Gasteiger partial charge >= 0.3 is 5.69 Å². The number of aliphatic hydroxyl groups is 1. The van der Waals surface area contributed by atoms with Gasteiger partial charge in [-0.1, -0.05) is 0 Å². The summed E-state index contributed by atoms with van der Waals surface area (Å²) < 4.78 is 1.47. The first-order valence-electron chi connectivity index (χ1n) is 8.33. The minimum Gasteiger partial charge on any atom is -0.387 e. The molecule has 7 heteroatoms. The monoisotopic (exact) mass is 322 g/mol. The quantitative estimate of drug-likeness (QED) is 0.776. The van der Waals surface area contributed by atoms with E-state index >= 15 is 0 Å². The Bertz CT molecular complexity index is 658. The molecule has 23 heavy (non-hydrogen) atoms. The number of nitrogens with one attached hydrogen (secondary N) is 1. The van der Waals surface area contributed by atoms with E-state index in [0.29, 0.717) is 19.0 Å². The van der Waals surface area contributed by atoms with Gasteiger partial charge in [0, 0.05) is 31.4 Å². The van der Waals surface area contributed by atoms with Crippen LogP contribution in [0, 0.1) is 0 Å². The number of piperidine rings is 2. The van der Waals surface area contributed by atoms with Crippen molar-refractivity contribution in [2.45, 2.75) is 43.9 Å². The second-order valence-electron chi connectivity index (χ2n) is 7.18. The molecular weight excluding hydrogens is 296 g/mol. The number of rotatable bonds is 2. The highest BCUT2D eigenvalue weighted by atomic mass is 16.3. The van der Waals surface area contributed by atoms with Crippen molar-refractivity contribution in [2.75, 3.05) is 33.2 Å². The summed E-state index contributed by atoms with van der Waals surface area (Å²) in [6, 6.07) is 1.53. The van der Waals surface area contributed by atoms with Crippen molar-refractivity contribution in [1.82, 2.24) is 19.4 Å². The van der Waals surface area contributed by atoms with Crippen molar-refractivity contribution in [2.24, 2.45) is 0 Å². The van der Waals surface area contributed by atoms with E-state index in [2.05, 4.69) is 21.8 Å². The van der Waals surface area contributed by atoms with Crippen LogP contribution in [0.5, 0.6) is 0 Å². The molecule has 0 aliphatic carbocycles. The molecular formula is C16H26N4O3. The third kappa shape index (κ3) is 3.41. The van der Waals surface area contributed by atoms with Crippen LogP contribution in [0.1, 0.15) is 32.2 Å². The number of aromatic nitrogens is 2. The summed E-state index contributed by atoms with van der Waals surface area (Å²) in [5.41, 5.74) is -1.85. The van der Waals surface area contributed by atoms with Gasteiger partial charge in [-0.3, -0.25) is 19.2 Å². The molecule has 3 heterocycles. The lowest BCUT2D eigenvalue weighted by Gasteiger charge is -2.47. The van der Waals surface area contributed by atoms with Crippen LogP contribution in [0.15, 0.2) is 21.9 Å². The molecule has 1 aromatic heterocycles. The number of hydrogen-bond donors (Lipinski definition) is 2. The minimum atomic E-state index is -0.996. The molecule has 2 aliphatic rings. The largest absolute Gasteiger partial charge is 0.387 e. The number of H-pyrrole nitrogens is 1. The number of likely N-dealkylation sites (tertiary alicyclic amines) is 2. The van der Waals surface area contributed by atoms with Gasteiger partial charge in [-0.2, -0.15) is 0 Å². The highest BCUT2D eigenvalue weighted by Gasteiger charge is 2.41. The highest BCUT2D eigenvalue weighted by molar-refractivity contribution is 4.99. The molecule has 0 aromatic carbocycles. The first-order valence-corrected chi connectivity index (χ1v) is 8.33. The van der Waals surface area contributed by atoms with Gasteiger partial charge in [0.1, 0.15) is 0 Å². The fourth-order valence-corrected chi connectivity index (χ4v) is 3.98. The lowest BCUT2D eigenvalue weighted by atomic mass is 9.87. The molecule has 2 aliphatic heterocycles. The van der Waals surface area contributed by atoms with Gasteiger partial charge in [-0.15, -0.1) is 0 Å². The van der Waals surface area contributed by atoms with Gasteiger partial charge in [-0.05, 0) is 46.3 Å². The second-order valence-corrected chi connectivity index (χ2v) is 7.18. The highest BCUT2D eigenvalue weighted by Crippen LogP contribution is 2.33. The van der Waals surface area contributed by atoms with Crippen molar-refractivity contribution in [1.29, 1.82) is 0 Å². The zero-order valence-corrected chi connectivity index (χ0v) is 13.9. The summed E-state index contributed by atoms with van der Waals surface area (Å²) >= 11 is 0. The molecule has 0 radical (unpaired) electrons. The van der Waals surface area contributed by atoms with Crippen molar-refractivity contribution in [3.05, 3.63) is 33.1 Å². The van der Waals surface area contributed by atoms with Crippen molar-refractivity contribution in [3.63, 3.8) is 0 Å². The molecule has 128 valence electrons. The second kappa shape index (κ2) is 6.22. The predicted octanol–water partition coefficient (Wildman–Crippen LogP) is -0.371. The molecule has 2 N–H and O–H groups in total. The molecule has 0 saturated carbocycles. The van der Waals surface area contributed by atoms with Crippen molar-refractivity contribution < 1.29 is 5.11 Å². The minimum absolute atomic E-state index is 0.311. The molecule has 2 saturated heterocycles. The lowest BCUT2D eigenvalue weighted by molar-refractivity contribution is -0.0747. The number of β-amino-alcohol motifs (C(OH)–C–C–N with tert-alkyl or cyclic N) is 1. The smallest absolute Gasteiger partial charge is 0.328 e. The van der Waals surface area contributed by atoms with E-state index in [1.807, 2.05) is 0 Å². The van der Waals surface area contributed by atoms with Crippen molar-refractivity contribution in [3.8, 4) is 0 Å². The topological polar surface area (TPSA) is 81.6 Å². The van der Waals surface area contributed by atoms with E-state index in [-0.39, 0.29) is 6.04 Å². The fraction of sp³-hybridized carbons (Fsp3) is 0.750. The summed E-state index contributed by atoms with van der Waals surface area (Å²) in [5, 5.41) is 10.9. The third-order valence-corrected chi connectivity index (χ3v) is 5.32. The summed E-state index contributed by atoms with van der Waals surface area (Å²) in [7, 11) is 2.14. The van der Waals surface area contributed by atoms with Crippen LogP contribution in [0.3, 0.4) is 0 Å². The Labute approximate surface area is 135 Å². The molecule has 0 bridgehead atoms. The lowest BCUT2D eigenvalue weighted by Crippen LogP contribution is -2.58. The summed E-state index contributed by atoms with van der Waals surface area (Å²) in [6.45, 7) is 5.38. The van der Waals surface area contributed by atoms with Gasteiger partial charge in [-0.25, -0.2) is 4.79 Å². The standard InChI is InChI=1S/C16H26N4O3/c1-16(23)11-19(12-3-7-18(2)8-4-12)9-5-13(16)20-10-6-14(21)17-15(20)22/h6,10,12-13,23H,3-5,7-9,11H2,1-2H3,(H,17,21,22)/t13-,16-/m1/s1. The number of aromatic amines is 1. The molecule has 1 aromatic rings. The molecule has 3 rings (SSSR count). The molecule has 0 spiro atoms. The SMILES string of the molecule is CN1CCC(N2CC[C@@H](n3ccc(=O)[nH]c3=O)[C@](C)(O)C2)CC1. The van der Waals surface area contributed by atoms with Gasteiger partial charge in [0.15, 0.2) is 0 Å². The Balaban J connectivity index is 1.75. The van der Waals surface area contributed by atoms with Crippen LogP contribution in [-0.2, 0) is 0 Å². The average Bonchev–Trinajstić information content (AvgIpc) is 2.48. The van der Waals surface area contributed by atoms with Gasteiger partial charge in [0.2, 0.25) is 0 Å². The van der Waals surface area contributed by atoms with Gasteiger partial charge in [0.25, 0.3) is 5.56 Å². The number of nitrogens with zero attached hydrogens (tertiary/aromatic N) is 3. The van der Waals surface area contributed by atoms with Crippen LogP contribution in [-0.4, -0.2) is 69.3 Å². The maximum Gasteiger partial charge on any atom is 0.328 e. The van der Waals surface area contributed by atoms with Gasteiger partial charge < -0.3 is 10.0 Å². The first kappa shape index (κ1) is 16.4. The third-order valence-electron chi connectivity index (χ3n) is 5.32. The summed E-state index contributed by atoms with van der Waals surface area (Å²) in [6.07, 6.45) is 4.43. The normalized spacial score (nSPS) is 31.3.